The molecule has 0 saturated carbocycles. The van der Waals surface area contributed by atoms with Gasteiger partial charge in [0.15, 0.2) is 9.76 Å². The molecule has 3 heteroatoms. The van der Waals surface area contributed by atoms with Crippen LogP contribution in [-0.4, -0.2) is 21.9 Å². The van der Waals surface area contributed by atoms with E-state index in [2.05, 4.69) is 6.92 Å². The highest BCUT2D eigenvalue weighted by Gasteiger charge is 1.83. The summed E-state index contributed by atoms with van der Waals surface area (Å²) < 4.78 is 5.23. The van der Waals surface area contributed by atoms with Crippen LogP contribution in [0.1, 0.15) is 19.8 Å². The van der Waals surface area contributed by atoms with E-state index in [4.69, 9.17) is 16.0 Å². The Balaban J connectivity index is 2.53. The van der Waals surface area contributed by atoms with Crippen LogP contribution in [0.15, 0.2) is 0 Å². The minimum atomic E-state index is -0.333. The van der Waals surface area contributed by atoms with Gasteiger partial charge in [0, 0.05) is 12.1 Å². The molecule has 0 spiro atoms. The summed E-state index contributed by atoms with van der Waals surface area (Å²) in [4.78, 5) is 0. The van der Waals surface area contributed by atoms with Crippen LogP contribution in [0.4, 0.5) is 0 Å². The van der Waals surface area contributed by atoms with Gasteiger partial charge in [-0.3, -0.25) is 0 Å². The molecule has 0 aliphatic heterocycles. The van der Waals surface area contributed by atoms with Crippen LogP contribution >= 0.6 is 11.6 Å². The normalized spacial score (nSPS) is 11.2. The van der Waals surface area contributed by atoms with Crippen LogP contribution in [0.3, 0.4) is 0 Å². The van der Waals surface area contributed by atoms with Gasteiger partial charge >= 0.3 is 0 Å². The molecule has 0 rings (SSSR count). The van der Waals surface area contributed by atoms with Gasteiger partial charge in [-0.1, -0.05) is 13.3 Å². The van der Waals surface area contributed by atoms with Crippen molar-refractivity contribution in [3.05, 3.63) is 0 Å². The van der Waals surface area contributed by atoms with Crippen LogP contribution in [0.5, 0.6) is 0 Å². The maximum atomic E-state index is 5.42. The maximum Gasteiger partial charge on any atom is 0.176 e. The summed E-state index contributed by atoms with van der Waals surface area (Å²) in [6.45, 7) is 3.08. The molecule has 0 aromatic heterocycles. The average Bonchev–Trinajstić information content (AvgIpc) is 1.81. The largest absolute Gasteiger partial charge is 0.423 e. The highest BCUT2D eigenvalue weighted by molar-refractivity contribution is 6.45. The summed E-state index contributed by atoms with van der Waals surface area (Å²) in [7, 11) is -0.333. The van der Waals surface area contributed by atoms with Crippen molar-refractivity contribution < 1.29 is 4.43 Å². The second-order valence-corrected chi connectivity index (χ2v) is 3.98. The lowest BCUT2D eigenvalue weighted by molar-refractivity contribution is 0.328. The van der Waals surface area contributed by atoms with E-state index in [9.17, 15) is 0 Å². The Bertz CT molecular complexity index is 37.4. The quantitative estimate of drug-likeness (QED) is 0.326. The molecule has 0 amide bonds. The fraction of sp³-hybridized carbons (Fsp3) is 1.00. The first-order valence-electron chi connectivity index (χ1n) is 3.05. The molecule has 0 radical (unpaired) electrons. The zero-order valence-electron chi connectivity index (χ0n) is 5.32. The van der Waals surface area contributed by atoms with Gasteiger partial charge in [-0.15, -0.1) is 11.6 Å². The lowest BCUT2D eigenvalue weighted by Crippen LogP contribution is -2.01. The highest BCUT2D eigenvalue weighted by atomic mass is 35.5. The van der Waals surface area contributed by atoms with Gasteiger partial charge < -0.3 is 4.43 Å². The van der Waals surface area contributed by atoms with E-state index in [1.165, 1.54) is 12.8 Å². The summed E-state index contributed by atoms with van der Waals surface area (Å²) in [6.07, 6.45) is 2.40. The van der Waals surface area contributed by atoms with Gasteiger partial charge in [-0.2, -0.15) is 0 Å². The van der Waals surface area contributed by atoms with Crippen LogP contribution in [0.25, 0.3) is 0 Å². The third-order valence-electron chi connectivity index (χ3n) is 0.864. The van der Waals surface area contributed by atoms with Crippen molar-refractivity contribution in [1.82, 2.24) is 0 Å². The predicted octanol–water partition coefficient (Wildman–Crippen LogP) is 1.08. The average molecular weight is 153 g/mol. The molecule has 0 atom stereocenters. The number of alkyl halides is 1. The predicted molar refractivity (Wildman–Crippen MR) is 40.1 cm³/mol. The Labute approximate surface area is 58.3 Å². The first-order chi connectivity index (χ1) is 3.91. The molecular weight excluding hydrogens is 140 g/mol. The summed E-state index contributed by atoms with van der Waals surface area (Å²) in [5.74, 6) is 0. The van der Waals surface area contributed by atoms with Crippen molar-refractivity contribution >= 4 is 21.4 Å². The second-order valence-electron chi connectivity index (χ2n) is 1.65. The molecule has 0 aromatic carbocycles. The Morgan fingerprint density at radius 3 is 2.88 bits per heavy atom. The van der Waals surface area contributed by atoms with Crippen molar-refractivity contribution in [2.24, 2.45) is 0 Å². The van der Waals surface area contributed by atoms with Crippen molar-refractivity contribution in [2.75, 3.05) is 12.1 Å². The third kappa shape index (κ3) is 6.47. The zero-order valence-corrected chi connectivity index (χ0v) is 7.49. The first kappa shape index (κ1) is 8.47. The monoisotopic (exact) mass is 152 g/mol. The molecule has 50 valence electrons. The molecule has 0 aromatic rings. The van der Waals surface area contributed by atoms with Crippen molar-refractivity contribution in [2.45, 2.75) is 19.8 Å². The molecule has 8 heavy (non-hydrogen) atoms. The molecule has 1 nitrogen and oxygen atoms in total. The van der Waals surface area contributed by atoms with E-state index in [0.29, 0.717) is 0 Å². The minimum Gasteiger partial charge on any atom is -0.423 e. The SMILES string of the molecule is CCCCO[SiH2]CCl. The molecule has 0 unspecified atom stereocenters. The van der Waals surface area contributed by atoms with E-state index in [1.54, 1.807) is 0 Å². The number of hydrogen-bond donors (Lipinski definition) is 0. The molecule has 0 N–H and O–H groups in total. The fourth-order valence-electron chi connectivity index (χ4n) is 0.403. The van der Waals surface area contributed by atoms with E-state index in [0.717, 1.165) is 12.1 Å². The molecular formula is C5H13ClOSi. The second kappa shape index (κ2) is 7.47. The van der Waals surface area contributed by atoms with Crippen LogP contribution < -0.4 is 0 Å². The molecule has 0 heterocycles. The topological polar surface area (TPSA) is 9.23 Å². The van der Waals surface area contributed by atoms with E-state index >= 15 is 0 Å². The van der Waals surface area contributed by atoms with Gasteiger partial charge in [-0.25, -0.2) is 0 Å². The molecule has 0 fully saturated rings. The Morgan fingerprint density at radius 1 is 1.62 bits per heavy atom. The van der Waals surface area contributed by atoms with Gasteiger partial charge in [0.1, 0.15) is 0 Å². The van der Waals surface area contributed by atoms with Crippen molar-refractivity contribution in [3.8, 4) is 0 Å². The zero-order chi connectivity index (χ0) is 6.24. The number of hydrogen-bond acceptors (Lipinski definition) is 1. The molecule has 0 saturated heterocycles. The summed E-state index contributed by atoms with van der Waals surface area (Å²) >= 11 is 5.42. The molecule has 0 aliphatic rings. The smallest absolute Gasteiger partial charge is 0.176 e. The lowest BCUT2D eigenvalue weighted by atomic mass is 10.4. The van der Waals surface area contributed by atoms with E-state index in [-0.39, 0.29) is 9.76 Å². The number of unbranched alkanes of at least 4 members (excludes halogenated alkanes) is 1. The first-order valence-corrected chi connectivity index (χ1v) is 5.16. The summed E-state index contributed by atoms with van der Waals surface area (Å²) in [5, 5.41) is 0. The Kier molecular flexibility index (Phi) is 7.90. The Morgan fingerprint density at radius 2 is 2.38 bits per heavy atom. The summed E-state index contributed by atoms with van der Waals surface area (Å²) in [6, 6.07) is 0. The lowest BCUT2D eigenvalue weighted by Gasteiger charge is -1.96. The Hall–Kier alpha value is 0.467. The van der Waals surface area contributed by atoms with Crippen LogP contribution in [0, 0.1) is 0 Å². The van der Waals surface area contributed by atoms with Gasteiger partial charge in [0.05, 0.1) is 0 Å². The maximum absolute atomic E-state index is 5.42. The highest BCUT2D eigenvalue weighted by Crippen LogP contribution is 1.86. The molecule has 0 bridgehead atoms. The third-order valence-corrected chi connectivity index (χ3v) is 2.06. The van der Waals surface area contributed by atoms with Gasteiger partial charge in [-0.05, 0) is 6.42 Å². The minimum absolute atomic E-state index is 0.333. The van der Waals surface area contributed by atoms with E-state index in [1.807, 2.05) is 0 Å². The standard InChI is InChI=1S/C5H13ClOSi/c1-2-3-4-7-8-5-6/h2-5,8H2,1H3. The molecule has 0 aliphatic carbocycles. The van der Waals surface area contributed by atoms with Gasteiger partial charge in [0.2, 0.25) is 0 Å². The van der Waals surface area contributed by atoms with Crippen LogP contribution in [-0.2, 0) is 4.43 Å². The van der Waals surface area contributed by atoms with Crippen LogP contribution in [0.2, 0.25) is 0 Å². The number of halogens is 1. The van der Waals surface area contributed by atoms with E-state index < -0.39 is 0 Å². The van der Waals surface area contributed by atoms with Crippen molar-refractivity contribution in [1.29, 1.82) is 0 Å². The number of rotatable bonds is 5. The summed E-state index contributed by atoms with van der Waals surface area (Å²) in [5.41, 5.74) is 0.754. The van der Waals surface area contributed by atoms with Gasteiger partial charge in [0.25, 0.3) is 0 Å². The van der Waals surface area contributed by atoms with Crippen molar-refractivity contribution in [3.63, 3.8) is 0 Å². The fourth-order valence-corrected chi connectivity index (χ4v) is 1.25.